The molecule has 3 atom stereocenters. The van der Waals surface area contributed by atoms with Crippen molar-refractivity contribution in [3.8, 4) is 0 Å². The summed E-state index contributed by atoms with van der Waals surface area (Å²) in [5.41, 5.74) is 5.47. The highest BCUT2D eigenvalue weighted by Gasteiger charge is 2.33. The minimum absolute atomic E-state index is 0.00597. The van der Waals surface area contributed by atoms with E-state index in [0.29, 0.717) is 19.1 Å². The molecule has 3 N–H and O–H groups in total. The summed E-state index contributed by atoms with van der Waals surface area (Å²) in [6.45, 7) is 3.33. The van der Waals surface area contributed by atoms with E-state index in [1.807, 2.05) is 0 Å². The predicted octanol–water partition coefficient (Wildman–Crippen LogP) is -0.704. The fourth-order valence-electron chi connectivity index (χ4n) is 1.75. The van der Waals surface area contributed by atoms with Crippen molar-refractivity contribution in [2.24, 2.45) is 11.7 Å². The smallest absolute Gasteiger partial charge is 0.162 e. The number of nitrogens with one attached hydrogen (secondary N) is 1. The van der Waals surface area contributed by atoms with Gasteiger partial charge in [-0.3, -0.25) is 0 Å². The standard InChI is InChI=1S/C8H16N2O2/c9-3-7-5-11-8(12-7)6-1-2-10-4-6/h6-8,10H,1-5,9H2. The van der Waals surface area contributed by atoms with Crippen molar-refractivity contribution in [3.63, 3.8) is 0 Å². The van der Waals surface area contributed by atoms with Gasteiger partial charge in [0.05, 0.1) is 12.7 Å². The van der Waals surface area contributed by atoms with Gasteiger partial charge in [-0.05, 0) is 13.0 Å². The van der Waals surface area contributed by atoms with E-state index >= 15 is 0 Å². The molecule has 2 heterocycles. The van der Waals surface area contributed by atoms with Gasteiger partial charge in [0.2, 0.25) is 0 Å². The quantitative estimate of drug-likeness (QED) is 0.578. The summed E-state index contributed by atoms with van der Waals surface area (Å²) in [7, 11) is 0. The Kier molecular flexibility index (Phi) is 2.60. The Morgan fingerprint density at radius 2 is 2.42 bits per heavy atom. The van der Waals surface area contributed by atoms with Crippen molar-refractivity contribution in [3.05, 3.63) is 0 Å². The first-order valence-electron chi connectivity index (χ1n) is 4.58. The summed E-state index contributed by atoms with van der Waals surface area (Å²) < 4.78 is 11.1. The summed E-state index contributed by atoms with van der Waals surface area (Å²) in [6, 6.07) is 0. The number of nitrogens with two attached hydrogens (primary N) is 1. The first-order valence-corrected chi connectivity index (χ1v) is 4.58. The van der Waals surface area contributed by atoms with Crippen molar-refractivity contribution in [1.82, 2.24) is 5.32 Å². The fourth-order valence-corrected chi connectivity index (χ4v) is 1.75. The van der Waals surface area contributed by atoms with Gasteiger partial charge in [0.1, 0.15) is 0 Å². The molecule has 0 aliphatic carbocycles. The molecule has 2 saturated heterocycles. The molecule has 0 saturated carbocycles. The lowest BCUT2D eigenvalue weighted by Crippen LogP contribution is -2.27. The van der Waals surface area contributed by atoms with Gasteiger partial charge >= 0.3 is 0 Å². The van der Waals surface area contributed by atoms with Crippen LogP contribution in [0.15, 0.2) is 0 Å². The zero-order valence-electron chi connectivity index (χ0n) is 7.16. The van der Waals surface area contributed by atoms with Crippen LogP contribution in [0.1, 0.15) is 6.42 Å². The average molecular weight is 172 g/mol. The summed E-state index contributed by atoms with van der Waals surface area (Å²) in [5.74, 6) is 0.529. The van der Waals surface area contributed by atoms with Gasteiger partial charge in [0.15, 0.2) is 6.29 Å². The van der Waals surface area contributed by atoms with E-state index in [4.69, 9.17) is 15.2 Å². The maximum atomic E-state index is 5.61. The third-order valence-electron chi connectivity index (χ3n) is 2.52. The van der Waals surface area contributed by atoms with E-state index in [2.05, 4.69) is 5.32 Å². The molecule has 2 fully saturated rings. The molecule has 4 heteroatoms. The van der Waals surface area contributed by atoms with Crippen molar-refractivity contribution < 1.29 is 9.47 Å². The van der Waals surface area contributed by atoms with Gasteiger partial charge in [0.25, 0.3) is 0 Å². The molecule has 2 aliphatic heterocycles. The lowest BCUT2D eigenvalue weighted by Gasteiger charge is -2.16. The molecular weight excluding hydrogens is 156 g/mol. The van der Waals surface area contributed by atoms with Crippen LogP contribution in [0.25, 0.3) is 0 Å². The van der Waals surface area contributed by atoms with Crippen LogP contribution in [-0.2, 0) is 9.47 Å². The Bertz CT molecular complexity index is 148. The van der Waals surface area contributed by atoms with Crippen molar-refractivity contribution >= 4 is 0 Å². The molecule has 70 valence electrons. The van der Waals surface area contributed by atoms with Gasteiger partial charge in [-0.15, -0.1) is 0 Å². The molecule has 4 nitrogen and oxygen atoms in total. The van der Waals surface area contributed by atoms with Crippen LogP contribution < -0.4 is 11.1 Å². The van der Waals surface area contributed by atoms with E-state index in [0.717, 1.165) is 19.5 Å². The van der Waals surface area contributed by atoms with Crippen LogP contribution in [0.2, 0.25) is 0 Å². The Hall–Kier alpha value is -0.160. The highest BCUT2D eigenvalue weighted by molar-refractivity contribution is 4.78. The number of rotatable bonds is 2. The third kappa shape index (κ3) is 1.61. The number of ether oxygens (including phenoxy) is 2. The number of hydrogen-bond acceptors (Lipinski definition) is 4. The highest BCUT2D eigenvalue weighted by Crippen LogP contribution is 2.22. The average Bonchev–Trinajstić information content (AvgIpc) is 2.75. The van der Waals surface area contributed by atoms with Gasteiger partial charge < -0.3 is 20.5 Å². The highest BCUT2D eigenvalue weighted by atomic mass is 16.7. The molecule has 0 bridgehead atoms. The van der Waals surface area contributed by atoms with Gasteiger partial charge in [-0.2, -0.15) is 0 Å². The van der Waals surface area contributed by atoms with E-state index in [9.17, 15) is 0 Å². The molecule has 2 rings (SSSR count). The molecule has 0 spiro atoms. The van der Waals surface area contributed by atoms with E-state index in [1.54, 1.807) is 0 Å². The van der Waals surface area contributed by atoms with Crippen molar-refractivity contribution in [1.29, 1.82) is 0 Å². The number of hydrogen-bond donors (Lipinski definition) is 2. The van der Waals surface area contributed by atoms with Crippen LogP contribution in [0.4, 0.5) is 0 Å². The molecule has 3 unspecified atom stereocenters. The van der Waals surface area contributed by atoms with E-state index in [1.165, 1.54) is 0 Å². The summed E-state index contributed by atoms with van der Waals surface area (Å²) in [5, 5.41) is 3.29. The second kappa shape index (κ2) is 3.70. The first kappa shape index (κ1) is 8.44. The Labute approximate surface area is 72.4 Å². The second-order valence-electron chi connectivity index (χ2n) is 3.45. The molecule has 0 aromatic heterocycles. The zero-order valence-corrected chi connectivity index (χ0v) is 7.16. The minimum Gasteiger partial charge on any atom is -0.350 e. The zero-order chi connectivity index (χ0) is 8.39. The Balaban J connectivity index is 1.81. The first-order chi connectivity index (χ1) is 5.90. The molecule has 0 aromatic rings. The minimum atomic E-state index is -0.00597. The van der Waals surface area contributed by atoms with Crippen LogP contribution in [0, 0.1) is 5.92 Å². The largest absolute Gasteiger partial charge is 0.350 e. The van der Waals surface area contributed by atoms with Crippen molar-refractivity contribution in [2.75, 3.05) is 26.2 Å². The topological polar surface area (TPSA) is 56.5 Å². The van der Waals surface area contributed by atoms with Gasteiger partial charge in [0, 0.05) is 19.0 Å². The molecule has 0 amide bonds. The van der Waals surface area contributed by atoms with E-state index in [-0.39, 0.29) is 12.4 Å². The van der Waals surface area contributed by atoms with Crippen molar-refractivity contribution in [2.45, 2.75) is 18.8 Å². The normalized spacial score (nSPS) is 42.2. The molecule has 2 aliphatic rings. The lowest BCUT2D eigenvalue weighted by molar-refractivity contribution is -0.0898. The monoisotopic (exact) mass is 172 g/mol. The van der Waals surface area contributed by atoms with E-state index < -0.39 is 0 Å². The molecule has 0 aromatic carbocycles. The fraction of sp³-hybridized carbons (Fsp3) is 1.00. The summed E-state index contributed by atoms with van der Waals surface area (Å²) >= 11 is 0. The van der Waals surface area contributed by atoms with Gasteiger partial charge in [-0.1, -0.05) is 0 Å². The molecule has 0 radical (unpaired) electrons. The van der Waals surface area contributed by atoms with Crippen LogP contribution in [-0.4, -0.2) is 38.6 Å². The molecular formula is C8H16N2O2. The van der Waals surface area contributed by atoms with Crippen LogP contribution >= 0.6 is 0 Å². The Morgan fingerprint density at radius 1 is 1.50 bits per heavy atom. The summed E-state index contributed by atoms with van der Waals surface area (Å²) in [4.78, 5) is 0. The SMILES string of the molecule is NCC1COC(C2CCNC2)O1. The Morgan fingerprint density at radius 3 is 3.00 bits per heavy atom. The maximum absolute atomic E-state index is 5.61. The predicted molar refractivity (Wildman–Crippen MR) is 44.6 cm³/mol. The lowest BCUT2D eigenvalue weighted by atomic mass is 10.1. The maximum Gasteiger partial charge on any atom is 0.162 e. The molecule has 12 heavy (non-hydrogen) atoms. The van der Waals surface area contributed by atoms with Crippen LogP contribution in [0.3, 0.4) is 0 Å². The van der Waals surface area contributed by atoms with Gasteiger partial charge in [-0.25, -0.2) is 0 Å². The second-order valence-corrected chi connectivity index (χ2v) is 3.45. The third-order valence-corrected chi connectivity index (χ3v) is 2.52. The van der Waals surface area contributed by atoms with Crippen LogP contribution in [0.5, 0.6) is 0 Å². The summed E-state index contributed by atoms with van der Waals surface area (Å²) in [6.07, 6.45) is 1.27.